The van der Waals surface area contributed by atoms with Gasteiger partial charge in [0.1, 0.15) is 5.92 Å². The van der Waals surface area contributed by atoms with Crippen molar-refractivity contribution in [2.75, 3.05) is 0 Å². The van der Waals surface area contributed by atoms with Crippen molar-refractivity contribution in [3.8, 4) is 6.07 Å². The number of aromatic nitrogens is 1. The van der Waals surface area contributed by atoms with Crippen LogP contribution in [0.15, 0.2) is 11.7 Å². The number of carbonyl (C=O) groups excluding carboxylic acids is 1. The highest BCUT2D eigenvalue weighted by atomic mass is 32.1. The molecular weight excluding hydrogens is 198 g/mol. The Balaban J connectivity index is 2.39. The van der Waals surface area contributed by atoms with Crippen LogP contribution < -0.4 is 5.32 Å². The molecule has 14 heavy (non-hydrogen) atoms. The summed E-state index contributed by atoms with van der Waals surface area (Å²) in [6.45, 7) is 2.28. The number of hydrogen-bond donors (Lipinski definition) is 1. The van der Waals surface area contributed by atoms with Crippen LogP contribution in [0.4, 0.5) is 0 Å². The van der Waals surface area contributed by atoms with E-state index in [1.165, 1.54) is 11.3 Å². The zero-order valence-electron chi connectivity index (χ0n) is 7.86. The molecule has 1 rings (SSSR count). The maximum Gasteiger partial charge on any atom is 0.237 e. The second-order valence-corrected chi connectivity index (χ2v) is 3.75. The van der Waals surface area contributed by atoms with Gasteiger partial charge in [0.05, 0.1) is 18.1 Å². The predicted octanol–water partition coefficient (Wildman–Crippen LogP) is 1.31. The Hall–Kier alpha value is -1.41. The molecular formula is C9H11N3OS. The summed E-state index contributed by atoms with van der Waals surface area (Å²) in [4.78, 5) is 16.2. The first-order chi connectivity index (χ1) is 6.77. The Kier molecular flexibility index (Phi) is 4.08. The third kappa shape index (κ3) is 2.82. The van der Waals surface area contributed by atoms with Crippen LogP contribution in [0.2, 0.25) is 0 Å². The molecule has 1 atom stereocenters. The average molecular weight is 209 g/mol. The van der Waals surface area contributed by atoms with Gasteiger partial charge in [-0.15, -0.1) is 11.3 Å². The molecule has 0 aliphatic rings. The van der Waals surface area contributed by atoms with Crippen molar-refractivity contribution < 1.29 is 4.79 Å². The molecule has 0 radical (unpaired) electrons. The number of nitriles is 1. The molecule has 1 aromatic heterocycles. The molecule has 74 valence electrons. The Labute approximate surface area is 86.6 Å². The second kappa shape index (κ2) is 5.35. The first-order valence-electron chi connectivity index (χ1n) is 4.32. The summed E-state index contributed by atoms with van der Waals surface area (Å²) in [5, 5.41) is 11.3. The highest BCUT2D eigenvalue weighted by Gasteiger charge is 2.14. The van der Waals surface area contributed by atoms with Crippen molar-refractivity contribution in [1.82, 2.24) is 10.3 Å². The SMILES string of the molecule is CCC(C#N)C(=O)NCc1cncs1. The zero-order valence-corrected chi connectivity index (χ0v) is 8.67. The van der Waals surface area contributed by atoms with E-state index in [1.807, 2.05) is 13.0 Å². The molecule has 5 heteroatoms. The van der Waals surface area contributed by atoms with Crippen molar-refractivity contribution in [3.05, 3.63) is 16.6 Å². The van der Waals surface area contributed by atoms with Crippen molar-refractivity contribution >= 4 is 17.2 Å². The topological polar surface area (TPSA) is 65.8 Å². The van der Waals surface area contributed by atoms with E-state index < -0.39 is 5.92 Å². The van der Waals surface area contributed by atoms with Gasteiger partial charge < -0.3 is 5.32 Å². The van der Waals surface area contributed by atoms with E-state index >= 15 is 0 Å². The first kappa shape index (κ1) is 10.7. The third-order valence-electron chi connectivity index (χ3n) is 1.80. The van der Waals surface area contributed by atoms with Gasteiger partial charge in [0.25, 0.3) is 0 Å². The Morgan fingerprint density at radius 3 is 3.14 bits per heavy atom. The molecule has 4 nitrogen and oxygen atoms in total. The standard InChI is InChI=1S/C9H11N3OS/c1-2-7(3-10)9(13)12-5-8-4-11-6-14-8/h4,6-7H,2,5H2,1H3,(H,12,13). The van der Waals surface area contributed by atoms with Crippen molar-refractivity contribution in [2.24, 2.45) is 5.92 Å². The van der Waals surface area contributed by atoms with Gasteiger partial charge in [-0.1, -0.05) is 6.92 Å². The average Bonchev–Trinajstić information content (AvgIpc) is 2.69. The predicted molar refractivity (Wildman–Crippen MR) is 53.4 cm³/mol. The summed E-state index contributed by atoms with van der Waals surface area (Å²) in [7, 11) is 0. The first-order valence-corrected chi connectivity index (χ1v) is 5.20. The Bertz CT molecular complexity index is 328. The van der Waals surface area contributed by atoms with Gasteiger partial charge in [-0.3, -0.25) is 9.78 Å². The quantitative estimate of drug-likeness (QED) is 0.813. The number of hydrogen-bond acceptors (Lipinski definition) is 4. The normalized spacial score (nSPS) is 11.7. The molecule has 1 N–H and O–H groups in total. The second-order valence-electron chi connectivity index (χ2n) is 2.78. The van der Waals surface area contributed by atoms with E-state index in [1.54, 1.807) is 11.7 Å². The minimum atomic E-state index is -0.539. The fourth-order valence-electron chi connectivity index (χ4n) is 0.962. The van der Waals surface area contributed by atoms with Crippen LogP contribution in [-0.4, -0.2) is 10.9 Å². The van der Waals surface area contributed by atoms with E-state index in [9.17, 15) is 4.79 Å². The lowest BCUT2D eigenvalue weighted by Gasteiger charge is -2.06. The Morgan fingerprint density at radius 1 is 1.86 bits per heavy atom. The van der Waals surface area contributed by atoms with Crippen LogP contribution >= 0.6 is 11.3 Å². The van der Waals surface area contributed by atoms with Gasteiger partial charge in [-0.2, -0.15) is 5.26 Å². The van der Waals surface area contributed by atoms with Crippen molar-refractivity contribution in [2.45, 2.75) is 19.9 Å². The minimum Gasteiger partial charge on any atom is -0.350 e. The molecule has 1 aromatic rings. The van der Waals surface area contributed by atoms with E-state index in [4.69, 9.17) is 5.26 Å². The number of carbonyl (C=O) groups is 1. The van der Waals surface area contributed by atoms with Gasteiger partial charge in [0.15, 0.2) is 0 Å². The van der Waals surface area contributed by atoms with Crippen molar-refractivity contribution in [3.63, 3.8) is 0 Å². The molecule has 0 spiro atoms. The van der Waals surface area contributed by atoms with Crippen LogP contribution in [-0.2, 0) is 11.3 Å². The van der Waals surface area contributed by atoms with Crippen LogP contribution in [0.5, 0.6) is 0 Å². The van der Waals surface area contributed by atoms with Gasteiger partial charge >= 0.3 is 0 Å². The molecule has 1 amide bonds. The number of thiazole rings is 1. The summed E-state index contributed by atoms with van der Waals surface area (Å²) in [5.41, 5.74) is 1.71. The summed E-state index contributed by atoms with van der Waals surface area (Å²) in [5.74, 6) is -0.744. The summed E-state index contributed by atoms with van der Waals surface area (Å²) >= 11 is 1.48. The summed E-state index contributed by atoms with van der Waals surface area (Å²) < 4.78 is 0. The van der Waals surface area contributed by atoms with Crippen LogP contribution in [0, 0.1) is 17.2 Å². The monoisotopic (exact) mass is 209 g/mol. The lowest BCUT2D eigenvalue weighted by molar-refractivity contribution is -0.123. The van der Waals surface area contributed by atoms with E-state index in [0.29, 0.717) is 13.0 Å². The van der Waals surface area contributed by atoms with Crippen LogP contribution in [0.25, 0.3) is 0 Å². The van der Waals surface area contributed by atoms with Gasteiger partial charge in [-0.25, -0.2) is 0 Å². The fourth-order valence-corrected chi connectivity index (χ4v) is 1.50. The molecule has 1 unspecified atom stereocenters. The number of nitrogens with one attached hydrogen (secondary N) is 1. The van der Waals surface area contributed by atoms with E-state index in [0.717, 1.165) is 4.88 Å². The molecule has 0 saturated heterocycles. The molecule has 0 saturated carbocycles. The lowest BCUT2D eigenvalue weighted by Crippen LogP contribution is -2.28. The largest absolute Gasteiger partial charge is 0.350 e. The molecule has 0 aliphatic carbocycles. The minimum absolute atomic E-state index is 0.205. The maximum absolute atomic E-state index is 11.4. The molecule has 1 heterocycles. The summed E-state index contributed by atoms with van der Waals surface area (Å²) in [6.07, 6.45) is 2.25. The fraction of sp³-hybridized carbons (Fsp3) is 0.444. The smallest absolute Gasteiger partial charge is 0.237 e. The van der Waals surface area contributed by atoms with Crippen LogP contribution in [0.3, 0.4) is 0 Å². The number of rotatable bonds is 4. The molecule has 0 bridgehead atoms. The van der Waals surface area contributed by atoms with Gasteiger partial charge in [-0.05, 0) is 6.42 Å². The Morgan fingerprint density at radius 2 is 2.64 bits per heavy atom. The van der Waals surface area contributed by atoms with Gasteiger partial charge in [0, 0.05) is 11.1 Å². The maximum atomic E-state index is 11.4. The lowest BCUT2D eigenvalue weighted by atomic mass is 10.1. The molecule has 0 fully saturated rings. The highest BCUT2D eigenvalue weighted by Crippen LogP contribution is 2.06. The zero-order chi connectivity index (χ0) is 10.4. The highest BCUT2D eigenvalue weighted by molar-refractivity contribution is 7.09. The molecule has 0 aliphatic heterocycles. The van der Waals surface area contributed by atoms with E-state index in [2.05, 4.69) is 10.3 Å². The van der Waals surface area contributed by atoms with Crippen molar-refractivity contribution in [1.29, 1.82) is 5.26 Å². The van der Waals surface area contributed by atoms with Gasteiger partial charge in [0.2, 0.25) is 5.91 Å². The third-order valence-corrected chi connectivity index (χ3v) is 2.58. The molecule has 0 aromatic carbocycles. The summed E-state index contributed by atoms with van der Waals surface area (Å²) in [6, 6.07) is 1.96. The number of nitrogens with zero attached hydrogens (tertiary/aromatic N) is 2. The van der Waals surface area contributed by atoms with Crippen LogP contribution in [0.1, 0.15) is 18.2 Å². The van der Waals surface area contributed by atoms with E-state index in [-0.39, 0.29) is 5.91 Å². The number of amides is 1.